The standard InChI is InChI=1S/C12H21F3N2O/c1-9-4-7-16-10(8-9)11(18)17-6-3-2-5-12(13,14)15/h9-10,16H,2-8H2,1H3,(H,17,18). The summed E-state index contributed by atoms with van der Waals surface area (Å²) in [5.41, 5.74) is 0. The quantitative estimate of drug-likeness (QED) is 0.749. The summed E-state index contributed by atoms with van der Waals surface area (Å²) in [6, 6.07) is -0.184. The fourth-order valence-electron chi connectivity index (χ4n) is 2.09. The Kier molecular flexibility index (Phi) is 5.91. The van der Waals surface area contributed by atoms with Crippen LogP contribution in [-0.2, 0) is 4.79 Å². The van der Waals surface area contributed by atoms with Crippen molar-refractivity contribution in [2.24, 2.45) is 5.92 Å². The number of unbranched alkanes of at least 4 members (excludes halogenated alkanes) is 1. The Labute approximate surface area is 106 Å². The summed E-state index contributed by atoms with van der Waals surface area (Å²) in [4.78, 5) is 11.7. The second kappa shape index (κ2) is 6.97. The van der Waals surface area contributed by atoms with Crippen LogP contribution in [0.25, 0.3) is 0 Å². The number of hydrogen-bond acceptors (Lipinski definition) is 2. The molecule has 1 aliphatic heterocycles. The fraction of sp³-hybridized carbons (Fsp3) is 0.917. The van der Waals surface area contributed by atoms with Gasteiger partial charge in [-0.25, -0.2) is 0 Å². The van der Waals surface area contributed by atoms with Gasteiger partial charge in [-0.15, -0.1) is 0 Å². The number of rotatable bonds is 5. The van der Waals surface area contributed by atoms with Gasteiger partial charge < -0.3 is 10.6 Å². The van der Waals surface area contributed by atoms with Crippen molar-refractivity contribution < 1.29 is 18.0 Å². The molecule has 0 aromatic carbocycles. The zero-order valence-corrected chi connectivity index (χ0v) is 10.6. The summed E-state index contributed by atoms with van der Waals surface area (Å²) in [5, 5.41) is 5.81. The summed E-state index contributed by atoms with van der Waals surface area (Å²) in [5.74, 6) is 0.431. The van der Waals surface area contributed by atoms with Crippen LogP contribution in [-0.4, -0.2) is 31.2 Å². The summed E-state index contributed by atoms with van der Waals surface area (Å²) in [7, 11) is 0. The SMILES string of the molecule is CC1CCNC(C(=O)NCCCCC(F)(F)F)C1. The number of hydrogen-bond donors (Lipinski definition) is 2. The van der Waals surface area contributed by atoms with Crippen molar-refractivity contribution in [3.8, 4) is 0 Å². The first kappa shape index (κ1) is 15.3. The molecular formula is C12H21F3N2O. The van der Waals surface area contributed by atoms with Gasteiger partial charge in [-0.05, 0) is 38.1 Å². The number of alkyl halides is 3. The van der Waals surface area contributed by atoms with E-state index in [4.69, 9.17) is 0 Å². The highest BCUT2D eigenvalue weighted by molar-refractivity contribution is 5.81. The summed E-state index contributed by atoms with van der Waals surface area (Å²) >= 11 is 0. The number of halogens is 3. The lowest BCUT2D eigenvalue weighted by Gasteiger charge is -2.27. The van der Waals surface area contributed by atoms with Crippen LogP contribution in [0, 0.1) is 5.92 Å². The average molecular weight is 266 g/mol. The average Bonchev–Trinajstić information content (AvgIpc) is 2.26. The van der Waals surface area contributed by atoms with Crippen molar-refractivity contribution in [1.29, 1.82) is 0 Å². The van der Waals surface area contributed by atoms with Gasteiger partial charge in [0.1, 0.15) is 0 Å². The van der Waals surface area contributed by atoms with E-state index in [1.807, 2.05) is 0 Å². The van der Waals surface area contributed by atoms with E-state index in [1.54, 1.807) is 0 Å². The molecule has 0 bridgehead atoms. The lowest BCUT2D eigenvalue weighted by molar-refractivity contribution is -0.135. The Morgan fingerprint density at radius 3 is 2.72 bits per heavy atom. The molecule has 1 saturated heterocycles. The smallest absolute Gasteiger partial charge is 0.355 e. The Hall–Kier alpha value is -0.780. The lowest BCUT2D eigenvalue weighted by Crippen LogP contribution is -2.48. The Morgan fingerprint density at radius 2 is 2.11 bits per heavy atom. The van der Waals surface area contributed by atoms with Gasteiger partial charge in [-0.2, -0.15) is 13.2 Å². The van der Waals surface area contributed by atoms with E-state index in [0.29, 0.717) is 18.9 Å². The third-order valence-corrected chi connectivity index (χ3v) is 3.17. The maximum Gasteiger partial charge on any atom is 0.389 e. The van der Waals surface area contributed by atoms with Gasteiger partial charge in [0, 0.05) is 13.0 Å². The Morgan fingerprint density at radius 1 is 1.39 bits per heavy atom. The second-order valence-corrected chi connectivity index (χ2v) is 5.00. The van der Waals surface area contributed by atoms with Gasteiger partial charge in [0.25, 0.3) is 0 Å². The fourth-order valence-corrected chi connectivity index (χ4v) is 2.09. The molecule has 0 aromatic heterocycles. The van der Waals surface area contributed by atoms with E-state index >= 15 is 0 Å². The highest BCUT2D eigenvalue weighted by Gasteiger charge is 2.26. The molecule has 18 heavy (non-hydrogen) atoms. The maximum absolute atomic E-state index is 11.9. The van der Waals surface area contributed by atoms with Gasteiger partial charge in [0.2, 0.25) is 5.91 Å². The topological polar surface area (TPSA) is 41.1 Å². The highest BCUT2D eigenvalue weighted by Crippen LogP contribution is 2.21. The number of carbonyl (C=O) groups excluding carboxylic acids is 1. The molecule has 2 N–H and O–H groups in total. The summed E-state index contributed by atoms with van der Waals surface area (Å²) in [6.45, 7) is 3.25. The number of carbonyl (C=O) groups is 1. The van der Waals surface area contributed by atoms with E-state index in [0.717, 1.165) is 19.4 Å². The molecule has 1 amide bonds. The molecule has 6 heteroatoms. The number of amides is 1. The van der Waals surface area contributed by atoms with Crippen LogP contribution in [0.4, 0.5) is 13.2 Å². The van der Waals surface area contributed by atoms with Crippen LogP contribution in [0.1, 0.15) is 39.0 Å². The zero-order chi connectivity index (χ0) is 13.6. The lowest BCUT2D eigenvalue weighted by atomic mass is 9.94. The van der Waals surface area contributed by atoms with Crippen LogP contribution < -0.4 is 10.6 Å². The largest absolute Gasteiger partial charge is 0.389 e. The van der Waals surface area contributed by atoms with Gasteiger partial charge >= 0.3 is 6.18 Å². The molecule has 0 saturated carbocycles. The van der Waals surface area contributed by atoms with Crippen LogP contribution in [0.3, 0.4) is 0 Å². The molecule has 0 spiro atoms. The predicted molar refractivity (Wildman–Crippen MR) is 63.1 cm³/mol. The Bertz CT molecular complexity index is 269. The van der Waals surface area contributed by atoms with Crippen molar-refractivity contribution in [3.63, 3.8) is 0 Å². The predicted octanol–water partition coefficient (Wildman–Crippen LogP) is 2.22. The van der Waals surface area contributed by atoms with Gasteiger partial charge in [-0.3, -0.25) is 4.79 Å². The van der Waals surface area contributed by atoms with Crippen LogP contribution in [0.5, 0.6) is 0 Å². The molecule has 2 unspecified atom stereocenters. The van der Waals surface area contributed by atoms with Gasteiger partial charge in [0.05, 0.1) is 6.04 Å². The normalized spacial score (nSPS) is 24.9. The molecule has 106 valence electrons. The minimum absolute atomic E-state index is 0.0677. The monoisotopic (exact) mass is 266 g/mol. The molecule has 2 atom stereocenters. The molecule has 0 radical (unpaired) electrons. The van der Waals surface area contributed by atoms with E-state index < -0.39 is 12.6 Å². The maximum atomic E-state index is 11.9. The van der Waals surface area contributed by atoms with Gasteiger partial charge in [-0.1, -0.05) is 6.92 Å². The third kappa shape index (κ3) is 6.23. The van der Waals surface area contributed by atoms with Crippen molar-refractivity contribution in [3.05, 3.63) is 0 Å². The van der Waals surface area contributed by atoms with Crippen LogP contribution >= 0.6 is 0 Å². The number of nitrogens with one attached hydrogen (secondary N) is 2. The molecule has 0 aliphatic carbocycles. The first-order valence-corrected chi connectivity index (χ1v) is 6.46. The molecule has 0 aromatic rings. The molecule has 1 aliphatic rings. The van der Waals surface area contributed by atoms with Gasteiger partial charge in [0.15, 0.2) is 0 Å². The van der Waals surface area contributed by atoms with Crippen molar-refractivity contribution >= 4 is 5.91 Å². The van der Waals surface area contributed by atoms with E-state index in [2.05, 4.69) is 17.6 Å². The molecule has 1 rings (SSSR count). The summed E-state index contributed by atoms with van der Waals surface area (Å²) < 4.78 is 35.6. The zero-order valence-electron chi connectivity index (χ0n) is 10.6. The minimum Gasteiger partial charge on any atom is -0.355 e. The van der Waals surface area contributed by atoms with Crippen LogP contribution in [0.2, 0.25) is 0 Å². The van der Waals surface area contributed by atoms with E-state index in [1.165, 1.54) is 0 Å². The molecular weight excluding hydrogens is 245 g/mol. The molecule has 3 nitrogen and oxygen atoms in total. The minimum atomic E-state index is -4.09. The van der Waals surface area contributed by atoms with Crippen molar-refractivity contribution in [2.45, 2.75) is 51.2 Å². The third-order valence-electron chi connectivity index (χ3n) is 3.17. The van der Waals surface area contributed by atoms with E-state index in [-0.39, 0.29) is 18.4 Å². The van der Waals surface area contributed by atoms with Crippen molar-refractivity contribution in [2.75, 3.05) is 13.1 Å². The molecule has 1 fully saturated rings. The van der Waals surface area contributed by atoms with Crippen LogP contribution in [0.15, 0.2) is 0 Å². The first-order chi connectivity index (χ1) is 8.38. The summed E-state index contributed by atoms with van der Waals surface area (Å²) in [6.07, 6.45) is -2.57. The highest BCUT2D eigenvalue weighted by atomic mass is 19.4. The molecule has 1 heterocycles. The second-order valence-electron chi connectivity index (χ2n) is 5.00. The first-order valence-electron chi connectivity index (χ1n) is 6.46. The van der Waals surface area contributed by atoms with E-state index in [9.17, 15) is 18.0 Å². The Balaban J connectivity index is 2.10. The number of piperidine rings is 1. The van der Waals surface area contributed by atoms with Crippen molar-refractivity contribution in [1.82, 2.24) is 10.6 Å².